The maximum Gasteiger partial charge on any atom is 0.375 e. The lowest BCUT2D eigenvalue weighted by molar-refractivity contribution is 0.0683. The fraction of sp³-hybridized carbons (Fsp3) is 0.286. The zero-order chi connectivity index (χ0) is 14.9. The van der Waals surface area contributed by atoms with Gasteiger partial charge in [0.05, 0.1) is 11.3 Å². The molecule has 2 aromatic rings. The molecule has 20 heavy (non-hydrogen) atoms. The summed E-state index contributed by atoms with van der Waals surface area (Å²) in [5, 5.41) is 22.2. The normalized spacial score (nSPS) is 11.1. The topological polar surface area (TPSA) is 91.8 Å². The molecule has 6 heteroatoms. The number of aromatic carboxylic acids is 1. The number of benzene rings is 1. The smallest absolute Gasteiger partial charge is 0.375 e. The molecule has 1 aromatic carbocycles. The average molecular weight is 270 g/mol. The summed E-state index contributed by atoms with van der Waals surface area (Å²) in [5.41, 5.74) is 0.545. The fourth-order valence-corrected chi connectivity index (χ4v) is 1.81. The van der Waals surface area contributed by atoms with E-state index in [9.17, 15) is 4.79 Å². The van der Waals surface area contributed by atoms with Gasteiger partial charge in [-0.3, -0.25) is 0 Å². The largest absolute Gasteiger partial charge is 0.475 e. The zero-order valence-electron chi connectivity index (χ0n) is 11.5. The first-order chi connectivity index (χ1) is 9.34. The molecule has 0 aliphatic carbocycles. The van der Waals surface area contributed by atoms with Crippen molar-refractivity contribution in [2.24, 2.45) is 0 Å². The van der Waals surface area contributed by atoms with E-state index < -0.39 is 11.4 Å². The summed E-state index contributed by atoms with van der Waals surface area (Å²) in [6.45, 7) is 5.73. The molecule has 0 bridgehead atoms. The highest BCUT2D eigenvalue weighted by molar-refractivity contribution is 5.83. The summed E-state index contributed by atoms with van der Waals surface area (Å²) in [4.78, 5) is 15.2. The maximum absolute atomic E-state index is 11.1. The third-order valence-corrected chi connectivity index (χ3v) is 2.72. The lowest BCUT2D eigenvalue weighted by Crippen LogP contribution is -2.19. The number of nitrogens with zero attached hydrogens (tertiary/aromatic N) is 4. The molecule has 0 radical (unpaired) electrons. The van der Waals surface area contributed by atoms with E-state index in [4.69, 9.17) is 10.4 Å². The highest BCUT2D eigenvalue weighted by atomic mass is 16.4. The number of nitriles is 1. The molecule has 6 nitrogen and oxygen atoms in total. The van der Waals surface area contributed by atoms with Crippen LogP contribution in [0.1, 0.15) is 42.8 Å². The van der Waals surface area contributed by atoms with Gasteiger partial charge in [0.2, 0.25) is 0 Å². The van der Waals surface area contributed by atoms with Gasteiger partial charge in [-0.05, 0) is 12.1 Å². The van der Waals surface area contributed by atoms with Crippen LogP contribution in [0.3, 0.4) is 0 Å². The van der Waals surface area contributed by atoms with Gasteiger partial charge in [0.15, 0.2) is 0 Å². The van der Waals surface area contributed by atoms with E-state index in [1.165, 1.54) is 4.68 Å². The monoisotopic (exact) mass is 270 g/mol. The number of carboxylic acids is 1. The highest BCUT2D eigenvalue weighted by Crippen LogP contribution is 2.24. The van der Waals surface area contributed by atoms with Gasteiger partial charge in [0.25, 0.3) is 5.82 Å². The second-order valence-electron chi connectivity index (χ2n) is 5.35. The van der Waals surface area contributed by atoms with Gasteiger partial charge < -0.3 is 5.11 Å². The molecular formula is C14H14N4O2. The Labute approximate surface area is 116 Å². The first kappa shape index (κ1) is 13.7. The van der Waals surface area contributed by atoms with Crippen molar-refractivity contribution in [1.82, 2.24) is 14.8 Å². The Morgan fingerprint density at radius 1 is 1.35 bits per heavy atom. The Bertz CT molecular complexity index is 705. The van der Waals surface area contributed by atoms with Crippen LogP contribution in [0.5, 0.6) is 0 Å². The molecular weight excluding hydrogens is 256 g/mol. The second kappa shape index (κ2) is 4.78. The van der Waals surface area contributed by atoms with Crippen molar-refractivity contribution in [2.45, 2.75) is 26.2 Å². The molecule has 2 rings (SSSR count). The summed E-state index contributed by atoms with van der Waals surface area (Å²) in [5.74, 6) is -0.969. The van der Waals surface area contributed by atoms with E-state index in [0.29, 0.717) is 17.1 Å². The fourth-order valence-electron chi connectivity index (χ4n) is 1.81. The van der Waals surface area contributed by atoms with Crippen LogP contribution < -0.4 is 0 Å². The Kier molecular flexibility index (Phi) is 3.28. The predicted octanol–water partition coefficient (Wildman–Crippen LogP) is 2.13. The maximum atomic E-state index is 11.1. The van der Waals surface area contributed by atoms with Crippen LogP contribution in [-0.2, 0) is 5.41 Å². The Balaban J connectivity index is 2.73. The number of rotatable bonds is 2. The van der Waals surface area contributed by atoms with Gasteiger partial charge >= 0.3 is 5.97 Å². The number of carbonyl (C=O) groups is 1. The molecule has 0 aliphatic rings. The zero-order valence-corrected chi connectivity index (χ0v) is 11.5. The van der Waals surface area contributed by atoms with Gasteiger partial charge in [-0.15, -0.1) is 5.10 Å². The van der Waals surface area contributed by atoms with E-state index >= 15 is 0 Å². The first-order valence-electron chi connectivity index (χ1n) is 6.05. The lowest BCUT2D eigenvalue weighted by Gasteiger charge is -2.18. The van der Waals surface area contributed by atoms with Crippen molar-refractivity contribution in [2.75, 3.05) is 0 Å². The van der Waals surface area contributed by atoms with Crippen molar-refractivity contribution >= 4 is 5.97 Å². The van der Waals surface area contributed by atoms with Gasteiger partial charge in [-0.1, -0.05) is 32.9 Å². The summed E-state index contributed by atoms with van der Waals surface area (Å²) in [6.07, 6.45) is 0. The minimum atomic E-state index is -1.19. The predicted molar refractivity (Wildman–Crippen MR) is 71.7 cm³/mol. The van der Waals surface area contributed by atoms with Crippen LogP contribution in [0, 0.1) is 11.3 Å². The molecule has 0 saturated heterocycles. The summed E-state index contributed by atoms with van der Waals surface area (Å²) >= 11 is 0. The van der Waals surface area contributed by atoms with E-state index in [-0.39, 0.29) is 5.82 Å². The Hall–Kier alpha value is -2.68. The number of carboxylic acid groups (broad SMARTS) is 1. The van der Waals surface area contributed by atoms with E-state index in [2.05, 4.69) is 16.2 Å². The van der Waals surface area contributed by atoms with Gasteiger partial charge in [0.1, 0.15) is 11.9 Å². The molecule has 0 spiro atoms. The van der Waals surface area contributed by atoms with Crippen LogP contribution in [0.25, 0.3) is 5.69 Å². The molecule has 0 unspecified atom stereocenters. The van der Waals surface area contributed by atoms with Crippen molar-refractivity contribution < 1.29 is 9.90 Å². The van der Waals surface area contributed by atoms with Crippen LogP contribution in [0.2, 0.25) is 0 Å². The van der Waals surface area contributed by atoms with Crippen molar-refractivity contribution in [3.05, 3.63) is 41.5 Å². The van der Waals surface area contributed by atoms with Crippen molar-refractivity contribution in [3.8, 4) is 11.8 Å². The second-order valence-corrected chi connectivity index (χ2v) is 5.35. The number of hydrogen-bond donors (Lipinski definition) is 1. The molecule has 0 saturated carbocycles. The van der Waals surface area contributed by atoms with Crippen LogP contribution in [0.15, 0.2) is 24.3 Å². The molecule has 102 valence electrons. The molecule has 1 aromatic heterocycles. The SMILES string of the molecule is CC(C)(C)c1nc(C(=O)O)nn1-c1ccccc1C#N. The highest BCUT2D eigenvalue weighted by Gasteiger charge is 2.26. The van der Waals surface area contributed by atoms with Crippen LogP contribution in [0.4, 0.5) is 0 Å². The third-order valence-electron chi connectivity index (χ3n) is 2.72. The summed E-state index contributed by atoms with van der Waals surface area (Å²) in [7, 11) is 0. The van der Waals surface area contributed by atoms with Crippen LogP contribution >= 0.6 is 0 Å². The van der Waals surface area contributed by atoms with E-state index in [1.807, 2.05) is 20.8 Å². The van der Waals surface area contributed by atoms with Gasteiger partial charge in [-0.2, -0.15) is 5.26 Å². The summed E-state index contributed by atoms with van der Waals surface area (Å²) < 4.78 is 1.43. The molecule has 0 amide bonds. The van der Waals surface area contributed by atoms with Gasteiger partial charge in [0, 0.05) is 5.41 Å². The molecule has 1 N–H and O–H groups in total. The van der Waals surface area contributed by atoms with Crippen molar-refractivity contribution in [3.63, 3.8) is 0 Å². The average Bonchev–Trinajstić information content (AvgIpc) is 2.83. The molecule has 0 fully saturated rings. The minimum absolute atomic E-state index is 0.275. The number of hydrogen-bond acceptors (Lipinski definition) is 4. The van der Waals surface area contributed by atoms with E-state index in [0.717, 1.165) is 0 Å². The molecule has 0 aliphatic heterocycles. The Morgan fingerprint density at radius 3 is 2.55 bits per heavy atom. The lowest BCUT2D eigenvalue weighted by atomic mass is 9.95. The van der Waals surface area contributed by atoms with Crippen molar-refractivity contribution in [1.29, 1.82) is 5.26 Å². The third kappa shape index (κ3) is 2.38. The number of para-hydroxylation sites is 1. The Morgan fingerprint density at radius 2 is 2.00 bits per heavy atom. The minimum Gasteiger partial charge on any atom is -0.475 e. The standard InChI is InChI=1S/C14H14N4O2/c1-14(2,3)13-16-11(12(19)20)17-18(13)10-7-5-4-6-9(10)8-15/h4-7H,1-3H3,(H,19,20). The molecule has 0 atom stereocenters. The quantitative estimate of drug-likeness (QED) is 0.902. The summed E-state index contributed by atoms with van der Waals surface area (Å²) in [6, 6.07) is 8.96. The first-order valence-corrected chi connectivity index (χ1v) is 6.05. The van der Waals surface area contributed by atoms with Crippen LogP contribution in [-0.4, -0.2) is 25.8 Å². The van der Waals surface area contributed by atoms with Gasteiger partial charge in [-0.25, -0.2) is 14.5 Å². The molecule has 1 heterocycles. The van der Waals surface area contributed by atoms with E-state index in [1.54, 1.807) is 24.3 Å². The number of aromatic nitrogens is 3.